The Labute approximate surface area is 360 Å². The molecule has 13 heteroatoms. The van der Waals surface area contributed by atoms with Crippen molar-refractivity contribution in [2.24, 2.45) is 0 Å². The van der Waals surface area contributed by atoms with E-state index in [4.69, 9.17) is 28.1 Å². The maximum absolute atomic E-state index is 14.3. The molecule has 3 aromatic heterocycles. The van der Waals surface area contributed by atoms with Crippen molar-refractivity contribution in [2.75, 3.05) is 0 Å². The summed E-state index contributed by atoms with van der Waals surface area (Å²) >= 11 is 0. The number of aryl methyl sites for hydroxylation is 2. The number of hydrogen-bond acceptors (Lipinski definition) is 3. The fraction of sp³-hybridized carbons (Fsp3) is 0.0784. The van der Waals surface area contributed by atoms with Crippen molar-refractivity contribution in [1.29, 1.82) is 0 Å². The third-order valence-electron chi connectivity index (χ3n) is 11.4. The van der Waals surface area contributed by atoms with Crippen LogP contribution in [-0.4, -0.2) is 24.1 Å². The van der Waals surface area contributed by atoms with E-state index in [1.165, 1.54) is 12.1 Å². The molecule has 10 aromatic rings. The third-order valence-corrected chi connectivity index (χ3v) is 11.4. The molecule has 0 fully saturated rings. The van der Waals surface area contributed by atoms with E-state index in [1.54, 1.807) is 69.8 Å². The van der Waals surface area contributed by atoms with Crippen LogP contribution < -0.4 is 0 Å². The van der Waals surface area contributed by atoms with Crippen molar-refractivity contribution >= 4 is 55.0 Å². The summed E-state index contributed by atoms with van der Waals surface area (Å²) in [4.78, 5) is 22.3. The smallest absolute Gasteiger partial charge is 0.309 e. The van der Waals surface area contributed by atoms with Crippen LogP contribution in [0.25, 0.3) is 98.8 Å². The zero-order chi connectivity index (χ0) is 44.7. The van der Waals surface area contributed by atoms with Gasteiger partial charge in [-0.05, 0) is 85.6 Å². The number of hydrogen-bond donors (Lipinski definition) is 0. The lowest BCUT2D eigenvalue weighted by atomic mass is 10.1. The van der Waals surface area contributed by atoms with Gasteiger partial charge in [-0.25, -0.2) is 24.6 Å². The van der Waals surface area contributed by atoms with Crippen LogP contribution >= 0.6 is 0 Å². The van der Waals surface area contributed by atoms with E-state index in [9.17, 15) is 26.3 Å². The first kappa shape index (κ1) is 39.8. The second kappa shape index (κ2) is 14.7. The number of rotatable bonds is 5. The number of nitrogens with zero attached hydrogens (tertiary/aromatic N) is 7. The van der Waals surface area contributed by atoms with Gasteiger partial charge in [0.25, 0.3) is 0 Å². The van der Waals surface area contributed by atoms with Gasteiger partial charge < -0.3 is 9.13 Å². The van der Waals surface area contributed by atoms with E-state index in [0.29, 0.717) is 49.5 Å². The number of aromatic nitrogens is 5. The fourth-order valence-electron chi connectivity index (χ4n) is 8.40. The Bertz CT molecular complexity index is 3430. The highest BCUT2D eigenvalue weighted by atomic mass is 19.4. The Kier molecular flexibility index (Phi) is 9.13. The Hall–Kier alpha value is -8.29. The molecule has 0 bridgehead atoms. The van der Waals surface area contributed by atoms with Gasteiger partial charge in [-0.1, -0.05) is 78.9 Å². The van der Waals surface area contributed by atoms with Crippen molar-refractivity contribution in [2.45, 2.75) is 26.2 Å². The molecule has 64 heavy (non-hydrogen) atoms. The van der Waals surface area contributed by atoms with Crippen molar-refractivity contribution in [3.05, 3.63) is 185 Å². The predicted octanol–water partition coefficient (Wildman–Crippen LogP) is 14.8. The molecule has 7 nitrogen and oxygen atoms in total. The van der Waals surface area contributed by atoms with Gasteiger partial charge in [0, 0.05) is 38.2 Å². The summed E-state index contributed by atoms with van der Waals surface area (Å²) in [6.07, 6.45) is -9.28. The number of benzene rings is 7. The van der Waals surface area contributed by atoms with Crippen LogP contribution in [0.15, 0.2) is 140 Å². The second-order valence-electron chi connectivity index (χ2n) is 15.5. The number of alkyl halides is 6. The van der Waals surface area contributed by atoms with E-state index in [1.807, 2.05) is 56.3 Å². The van der Waals surface area contributed by atoms with E-state index in [-0.39, 0.29) is 51.0 Å². The lowest BCUT2D eigenvalue weighted by Gasteiger charge is -2.17. The van der Waals surface area contributed by atoms with E-state index in [2.05, 4.69) is 9.69 Å². The summed E-state index contributed by atoms with van der Waals surface area (Å²) in [5.41, 5.74) is 4.07. The summed E-state index contributed by atoms with van der Waals surface area (Å²) in [6, 6.07) is 37.0. The fourth-order valence-corrected chi connectivity index (χ4v) is 8.40. The first-order valence-corrected chi connectivity index (χ1v) is 19.8. The average molecular weight is 854 g/mol. The third kappa shape index (κ3) is 6.66. The highest BCUT2D eigenvalue weighted by Crippen LogP contribution is 2.43. The van der Waals surface area contributed by atoms with Crippen LogP contribution in [0, 0.1) is 27.0 Å². The van der Waals surface area contributed by atoms with E-state index in [0.717, 1.165) is 35.4 Å². The topological polar surface area (TPSA) is 57.2 Å². The lowest BCUT2D eigenvalue weighted by molar-refractivity contribution is -0.138. The zero-order valence-electron chi connectivity index (χ0n) is 33.7. The van der Waals surface area contributed by atoms with E-state index < -0.39 is 23.5 Å². The van der Waals surface area contributed by atoms with Crippen LogP contribution in [0.5, 0.6) is 0 Å². The van der Waals surface area contributed by atoms with Gasteiger partial charge in [0.05, 0.1) is 57.7 Å². The molecule has 10 rings (SSSR count). The largest absolute Gasteiger partial charge is 0.416 e. The maximum Gasteiger partial charge on any atom is 0.416 e. The second-order valence-corrected chi connectivity index (χ2v) is 15.5. The lowest BCUT2D eigenvalue weighted by Crippen LogP contribution is -2.07. The van der Waals surface area contributed by atoms with Gasteiger partial charge in [-0.3, -0.25) is 0 Å². The van der Waals surface area contributed by atoms with Gasteiger partial charge >= 0.3 is 12.4 Å². The molecule has 0 radical (unpaired) electrons. The standard InChI is InChI=1S/C51H29F6N7/c1-28-10-16-35-37-18-12-31(50(52,53)54)24-45(37)63(43(35)22-28)41-20-14-33(58-3)26-39(41)48-60-47(30-8-6-5-7-9-30)61-49(62-48)40-27-34(59-4)15-21-42(40)64-44-23-29(2)11-17-36(44)38-19-13-32(25-46(38)64)51(55,56)57/h5-27H,1-2H3. The van der Waals surface area contributed by atoms with Gasteiger partial charge in [0.2, 0.25) is 0 Å². The normalized spacial score (nSPS) is 12.0. The zero-order valence-corrected chi connectivity index (χ0v) is 33.7. The Morgan fingerprint density at radius 2 is 0.828 bits per heavy atom. The van der Waals surface area contributed by atoms with Crippen LogP contribution in [-0.2, 0) is 12.4 Å². The van der Waals surface area contributed by atoms with Crippen molar-refractivity contribution in [3.63, 3.8) is 0 Å². The SMILES string of the molecule is [C-]#[N+]c1ccc(-n2c3cc(C)ccc3c3ccc(C(F)(F)F)cc32)c(-c2nc(-c3ccccc3)nc(-c3cc([N+]#[C-])ccc3-n3c4cc(C)ccc4c4ccc(C(F)(F)F)cc43)n2)c1. The average Bonchev–Trinajstić information content (AvgIpc) is 3.78. The summed E-state index contributed by atoms with van der Waals surface area (Å²) < 4.78 is 89.4. The minimum atomic E-state index is -4.64. The van der Waals surface area contributed by atoms with Gasteiger partial charge in [-0.15, -0.1) is 0 Å². The van der Waals surface area contributed by atoms with Crippen molar-refractivity contribution in [1.82, 2.24) is 24.1 Å². The van der Waals surface area contributed by atoms with Crippen molar-refractivity contribution < 1.29 is 26.3 Å². The number of fused-ring (bicyclic) bond motifs is 6. The molecular weight excluding hydrogens is 825 g/mol. The quantitative estimate of drug-likeness (QED) is 0.128. The van der Waals surface area contributed by atoms with Crippen LogP contribution in [0.4, 0.5) is 37.7 Å². The molecule has 0 aliphatic heterocycles. The molecule has 0 saturated carbocycles. The molecule has 0 spiro atoms. The molecule has 0 amide bonds. The van der Waals surface area contributed by atoms with Crippen LogP contribution in [0.3, 0.4) is 0 Å². The molecule has 0 unspecified atom stereocenters. The monoisotopic (exact) mass is 853 g/mol. The van der Waals surface area contributed by atoms with Crippen molar-refractivity contribution in [3.8, 4) is 45.5 Å². The minimum absolute atomic E-state index is 0.0515. The van der Waals surface area contributed by atoms with Gasteiger partial charge in [0.15, 0.2) is 28.8 Å². The molecular formula is C51H29F6N7. The van der Waals surface area contributed by atoms with E-state index >= 15 is 0 Å². The highest BCUT2D eigenvalue weighted by Gasteiger charge is 2.33. The maximum atomic E-state index is 14.3. The molecule has 0 N–H and O–H groups in total. The summed E-state index contributed by atoms with van der Waals surface area (Å²) in [5.74, 6) is 0.292. The molecule has 7 aromatic carbocycles. The summed E-state index contributed by atoms with van der Waals surface area (Å²) in [5, 5.41) is 2.54. The van der Waals surface area contributed by atoms with Crippen LogP contribution in [0.2, 0.25) is 0 Å². The molecule has 310 valence electrons. The molecule has 0 saturated heterocycles. The predicted molar refractivity (Wildman–Crippen MR) is 237 cm³/mol. The Morgan fingerprint density at radius 1 is 0.438 bits per heavy atom. The minimum Gasteiger partial charge on any atom is -0.309 e. The van der Waals surface area contributed by atoms with Gasteiger partial charge in [0.1, 0.15) is 0 Å². The Balaban J connectivity index is 1.31. The molecule has 0 aliphatic rings. The first-order valence-electron chi connectivity index (χ1n) is 19.8. The molecule has 3 heterocycles. The number of halogens is 6. The Morgan fingerprint density at radius 3 is 1.23 bits per heavy atom. The summed E-state index contributed by atoms with van der Waals surface area (Å²) in [6.45, 7) is 19.7. The first-order chi connectivity index (χ1) is 30.7. The highest BCUT2D eigenvalue weighted by molar-refractivity contribution is 6.11. The summed E-state index contributed by atoms with van der Waals surface area (Å²) in [7, 11) is 0. The van der Waals surface area contributed by atoms with Gasteiger partial charge in [-0.2, -0.15) is 26.3 Å². The van der Waals surface area contributed by atoms with Crippen LogP contribution in [0.1, 0.15) is 22.3 Å². The molecule has 0 atom stereocenters. The molecule has 0 aliphatic carbocycles.